The first kappa shape index (κ1) is 21.3. The van der Waals surface area contributed by atoms with Gasteiger partial charge in [0.05, 0.1) is 37.0 Å². The fourth-order valence-electron chi connectivity index (χ4n) is 4.81. The van der Waals surface area contributed by atoms with Crippen LogP contribution in [0.3, 0.4) is 0 Å². The summed E-state index contributed by atoms with van der Waals surface area (Å²) in [5.41, 5.74) is 0. The van der Waals surface area contributed by atoms with Gasteiger partial charge in [0.2, 0.25) is 23.6 Å². The molecule has 2 heterocycles. The van der Waals surface area contributed by atoms with Gasteiger partial charge in [0, 0.05) is 16.6 Å². The van der Waals surface area contributed by atoms with Gasteiger partial charge in [-0.1, -0.05) is 41.4 Å². The van der Waals surface area contributed by atoms with Crippen LogP contribution in [0, 0.1) is 23.7 Å². The maximum absolute atomic E-state index is 12.8. The van der Waals surface area contributed by atoms with Crippen molar-refractivity contribution in [3.8, 4) is 0 Å². The van der Waals surface area contributed by atoms with Gasteiger partial charge in [-0.15, -0.1) is 6.58 Å². The van der Waals surface area contributed by atoms with Crippen LogP contribution in [0.2, 0.25) is 0 Å². The van der Waals surface area contributed by atoms with Crippen LogP contribution in [-0.4, -0.2) is 58.2 Å². The number of hydrogen-bond acceptors (Lipinski definition) is 5. The Hall–Kier alpha value is -1.96. The molecule has 4 rings (SSSR count). The number of imide groups is 2. The summed E-state index contributed by atoms with van der Waals surface area (Å²) in [5, 5.41) is 1.20. The average molecular weight is 452 g/mol. The minimum atomic E-state index is -0.438. The van der Waals surface area contributed by atoms with Crippen molar-refractivity contribution in [1.29, 1.82) is 0 Å². The third-order valence-corrected chi connectivity index (χ3v) is 7.01. The van der Waals surface area contributed by atoms with Crippen LogP contribution in [0.4, 0.5) is 0 Å². The van der Waals surface area contributed by atoms with Crippen molar-refractivity contribution >= 4 is 46.8 Å². The Bertz CT molecular complexity index is 817. The molecule has 160 valence electrons. The zero-order chi connectivity index (χ0) is 21.6. The Balaban J connectivity index is 1.47. The minimum absolute atomic E-state index is 0.000292. The first-order valence-electron chi connectivity index (χ1n) is 10.0. The predicted octanol–water partition coefficient (Wildman–Crippen LogP) is 2.42. The standard InChI is InChI=1S/C21H23Cl2N3O4/c1-2-7-24(10-25-18(27)14-5-3-12(22)8-16(14)20(25)29)11-26-19(28)15-6-4-13(23)9-17(15)21(26)30/h2-4,14-17H,1,5-11H2/t14-,15-,16+,17+/m1/s1. The van der Waals surface area contributed by atoms with E-state index in [0.29, 0.717) is 42.3 Å². The van der Waals surface area contributed by atoms with Gasteiger partial charge in [-0.2, -0.15) is 0 Å². The third kappa shape index (κ3) is 3.63. The van der Waals surface area contributed by atoms with Crippen LogP contribution < -0.4 is 0 Å². The van der Waals surface area contributed by atoms with Gasteiger partial charge in [-0.3, -0.25) is 33.9 Å². The molecule has 9 heteroatoms. The van der Waals surface area contributed by atoms with E-state index in [2.05, 4.69) is 6.58 Å². The second kappa shape index (κ2) is 8.29. The van der Waals surface area contributed by atoms with Gasteiger partial charge in [-0.05, 0) is 25.7 Å². The maximum atomic E-state index is 12.8. The molecule has 0 aromatic heterocycles. The average Bonchev–Trinajstić information content (AvgIpc) is 3.08. The van der Waals surface area contributed by atoms with Crippen LogP contribution in [0.5, 0.6) is 0 Å². The largest absolute Gasteiger partial charge is 0.274 e. The zero-order valence-corrected chi connectivity index (χ0v) is 17.9. The monoisotopic (exact) mass is 451 g/mol. The maximum Gasteiger partial charge on any atom is 0.234 e. The molecular weight excluding hydrogens is 429 g/mol. The fourth-order valence-corrected chi connectivity index (χ4v) is 5.32. The number of carbonyl (C=O) groups is 4. The van der Waals surface area contributed by atoms with Gasteiger partial charge in [0.15, 0.2) is 0 Å². The summed E-state index contributed by atoms with van der Waals surface area (Å²) in [5.74, 6) is -2.64. The summed E-state index contributed by atoms with van der Waals surface area (Å²) in [6.07, 6.45) is 6.85. The lowest BCUT2D eigenvalue weighted by molar-refractivity contribution is -0.145. The Kier molecular flexibility index (Phi) is 5.88. The number of carbonyl (C=O) groups excluding carboxylic acids is 4. The second-order valence-corrected chi connectivity index (χ2v) is 9.21. The van der Waals surface area contributed by atoms with E-state index < -0.39 is 23.7 Å². The number of nitrogens with zero attached hydrogens (tertiary/aromatic N) is 3. The van der Waals surface area contributed by atoms with Crippen molar-refractivity contribution in [2.75, 3.05) is 19.9 Å². The van der Waals surface area contributed by atoms with Crippen LogP contribution in [0.15, 0.2) is 34.9 Å². The highest BCUT2D eigenvalue weighted by molar-refractivity contribution is 6.30. The molecule has 2 aliphatic carbocycles. The molecule has 0 saturated carbocycles. The van der Waals surface area contributed by atoms with Crippen LogP contribution >= 0.6 is 23.2 Å². The molecule has 2 aliphatic heterocycles. The number of fused-ring (bicyclic) bond motifs is 2. The summed E-state index contributed by atoms with van der Waals surface area (Å²) in [7, 11) is 0. The van der Waals surface area contributed by atoms with E-state index in [-0.39, 0.29) is 37.0 Å². The number of likely N-dealkylation sites (tertiary alicyclic amines) is 2. The normalized spacial score (nSPS) is 31.2. The second-order valence-electron chi connectivity index (χ2n) is 8.24. The first-order valence-corrected chi connectivity index (χ1v) is 10.8. The van der Waals surface area contributed by atoms with Crippen LogP contribution in [0.1, 0.15) is 25.7 Å². The topological polar surface area (TPSA) is 78.0 Å². The lowest BCUT2D eigenvalue weighted by Crippen LogP contribution is -2.48. The number of allylic oxidation sites excluding steroid dienone is 4. The Morgan fingerprint density at radius 3 is 1.63 bits per heavy atom. The lowest BCUT2D eigenvalue weighted by atomic mass is 9.85. The minimum Gasteiger partial charge on any atom is -0.274 e. The lowest BCUT2D eigenvalue weighted by Gasteiger charge is -2.29. The molecule has 30 heavy (non-hydrogen) atoms. The third-order valence-electron chi connectivity index (χ3n) is 6.39. The van der Waals surface area contributed by atoms with E-state index in [4.69, 9.17) is 23.2 Å². The van der Waals surface area contributed by atoms with Crippen molar-refractivity contribution < 1.29 is 19.2 Å². The highest BCUT2D eigenvalue weighted by atomic mass is 35.5. The number of amides is 4. The molecule has 0 bridgehead atoms. The SMILES string of the molecule is C=CCN(CN1C(=O)[C@H]2CC(Cl)=CC[C@H]2C1=O)CN1C(=O)[C@H]2CC(Cl)=CC[C@H]2C1=O. The molecule has 0 N–H and O–H groups in total. The summed E-state index contributed by atoms with van der Waals surface area (Å²) < 4.78 is 0. The van der Waals surface area contributed by atoms with Crippen LogP contribution in [-0.2, 0) is 19.2 Å². The summed E-state index contributed by atoms with van der Waals surface area (Å²) >= 11 is 12.2. The molecule has 4 aliphatic rings. The predicted molar refractivity (Wildman–Crippen MR) is 111 cm³/mol. The summed E-state index contributed by atoms with van der Waals surface area (Å²) in [4.78, 5) is 55.5. The number of hydrogen-bond donors (Lipinski definition) is 0. The van der Waals surface area contributed by atoms with Gasteiger partial charge >= 0.3 is 0 Å². The van der Waals surface area contributed by atoms with Crippen LogP contribution in [0.25, 0.3) is 0 Å². The van der Waals surface area contributed by atoms with E-state index >= 15 is 0 Å². The quantitative estimate of drug-likeness (QED) is 0.457. The van der Waals surface area contributed by atoms with E-state index in [9.17, 15) is 19.2 Å². The van der Waals surface area contributed by atoms with Crippen molar-refractivity contribution in [2.24, 2.45) is 23.7 Å². The van der Waals surface area contributed by atoms with E-state index in [1.165, 1.54) is 9.80 Å². The van der Waals surface area contributed by atoms with Crippen molar-refractivity contribution in [1.82, 2.24) is 14.7 Å². The molecule has 4 amide bonds. The van der Waals surface area contributed by atoms with E-state index in [0.717, 1.165) is 0 Å². The molecule has 2 saturated heterocycles. The Morgan fingerprint density at radius 2 is 1.23 bits per heavy atom. The van der Waals surface area contributed by atoms with Crippen molar-refractivity contribution in [3.05, 3.63) is 34.9 Å². The first-order chi connectivity index (χ1) is 14.3. The molecule has 0 spiro atoms. The summed E-state index contributed by atoms with van der Waals surface area (Å²) in [6.45, 7) is 4.04. The highest BCUT2D eigenvalue weighted by Gasteiger charge is 2.50. The number of rotatable bonds is 6. The molecule has 0 unspecified atom stereocenters. The zero-order valence-electron chi connectivity index (χ0n) is 16.4. The van der Waals surface area contributed by atoms with E-state index in [1.807, 2.05) is 0 Å². The van der Waals surface area contributed by atoms with Crippen molar-refractivity contribution in [3.63, 3.8) is 0 Å². The Morgan fingerprint density at radius 1 is 0.833 bits per heavy atom. The van der Waals surface area contributed by atoms with Crippen molar-refractivity contribution in [2.45, 2.75) is 25.7 Å². The highest BCUT2D eigenvalue weighted by Crippen LogP contribution is 2.40. The van der Waals surface area contributed by atoms with Gasteiger partial charge in [0.25, 0.3) is 0 Å². The van der Waals surface area contributed by atoms with Gasteiger partial charge in [-0.25, -0.2) is 0 Å². The molecule has 0 aromatic rings. The molecule has 4 atom stereocenters. The Labute approximate surface area is 184 Å². The molecular formula is C21H23Cl2N3O4. The van der Waals surface area contributed by atoms with Gasteiger partial charge in [0.1, 0.15) is 0 Å². The molecule has 7 nitrogen and oxygen atoms in total. The summed E-state index contributed by atoms with van der Waals surface area (Å²) in [6, 6.07) is 0. The smallest absolute Gasteiger partial charge is 0.234 e. The van der Waals surface area contributed by atoms with Gasteiger partial charge < -0.3 is 0 Å². The number of halogens is 2. The molecule has 2 fully saturated rings. The fraction of sp³-hybridized carbons (Fsp3) is 0.524. The molecule has 0 aromatic carbocycles. The molecule has 0 radical (unpaired) electrons. The van der Waals surface area contributed by atoms with E-state index in [1.54, 1.807) is 23.1 Å².